The fourth-order valence-corrected chi connectivity index (χ4v) is 2.75. The molecule has 0 aliphatic carbocycles. The van der Waals surface area contributed by atoms with Gasteiger partial charge in [0.2, 0.25) is 5.91 Å². The van der Waals surface area contributed by atoms with Gasteiger partial charge in [-0.15, -0.1) is 11.8 Å². The van der Waals surface area contributed by atoms with Crippen molar-refractivity contribution in [2.24, 2.45) is 0 Å². The lowest BCUT2D eigenvalue weighted by Gasteiger charge is -2.09. The molecule has 0 saturated carbocycles. The van der Waals surface area contributed by atoms with Gasteiger partial charge in [0.15, 0.2) is 0 Å². The Morgan fingerprint density at radius 2 is 1.83 bits per heavy atom. The van der Waals surface area contributed by atoms with Gasteiger partial charge in [-0.2, -0.15) is 0 Å². The molecule has 0 fully saturated rings. The fourth-order valence-electron chi connectivity index (χ4n) is 1.71. The van der Waals surface area contributed by atoms with E-state index in [4.69, 9.17) is 11.6 Å². The Morgan fingerprint density at radius 1 is 1.08 bits per heavy atom. The van der Waals surface area contributed by atoms with Gasteiger partial charge in [-0.25, -0.2) is 14.6 Å². The highest BCUT2D eigenvalue weighted by atomic mass is 35.5. The topological polar surface area (TPSA) is 70.2 Å². The van der Waals surface area contributed by atoms with Gasteiger partial charge in [0.25, 0.3) is 0 Å². The smallest absolute Gasteiger partial charge is 0.307 e. The molecule has 2 aromatic carbocycles. The zero-order chi connectivity index (χ0) is 17.4. The first-order valence-corrected chi connectivity index (χ1v) is 8.39. The number of urea groups is 1. The molecule has 3 amide bonds. The maximum atomic E-state index is 12.8. The quantitative estimate of drug-likeness (QED) is 0.556. The SMILES string of the molecule is O=C(CCSc1ccc(F)cc1)NNC(=O)Nc1cccc(Cl)c1. The van der Waals surface area contributed by atoms with E-state index in [0.717, 1.165) is 4.90 Å². The number of carbonyl (C=O) groups is 2. The lowest BCUT2D eigenvalue weighted by molar-refractivity contribution is -0.121. The van der Waals surface area contributed by atoms with Crippen LogP contribution in [-0.2, 0) is 4.79 Å². The van der Waals surface area contributed by atoms with Crippen LogP contribution >= 0.6 is 23.4 Å². The summed E-state index contributed by atoms with van der Waals surface area (Å²) in [6.07, 6.45) is 0.208. The van der Waals surface area contributed by atoms with Gasteiger partial charge < -0.3 is 5.32 Å². The van der Waals surface area contributed by atoms with Crippen LogP contribution in [0.15, 0.2) is 53.4 Å². The molecule has 0 spiro atoms. The van der Waals surface area contributed by atoms with Crippen molar-refractivity contribution in [2.75, 3.05) is 11.1 Å². The molecule has 24 heavy (non-hydrogen) atoms. The number of thioether (sulfide) groups is 1. The van der Waals surface area contributed by atoms with E-state index in [0.29, 0.717) is 16.5 Å². The van der Waals surface area contributed by atoms with E-state index < -0.39 is 6.03 Å². The Hall–Kier alpha value is -2.25. The summed E-state index contributed by atoms with van der Waals surface area (Å²) in [6.45, 7) is 0. The van der Waals surface area contributed by atoms with E-state index in [-0.39, 0.29) is 18.1 Å². The molecule has 0 radical (unpaired) electrons. The highest BCUT2D eigenvalue weighted by Crippen LogP contribution is 2.18. The molecule has 0 aromatic heterocycles. The van der Waals surface area contributed by atoms with Gasteiger partial charge in [-0.05, 0) is 42.5 Å². The van der Waals surface area contributed by atoms with Crippen LogP contribution in [0.3, 0.4) is 0 Å². The summed E-state index contributed by atoms with van der Waals surface area (Å²) < 4.78 is 12.8. The molecule has 3 N–H and O–H groups in total. The highest BCUT2D eigenvalue weighted by Gasteiger charge is 2.05. The van der Waals surface area contributed by atoms with Gasteiger partial charge in [-0.3, -0.25) is 10.2 Å². The number of nitrogens with one attached hydrogen (secondary N) is 3. The van der Waals surface area contributed by atoms with Crippen molar-refractivity contribution in [1.29, 1.82) is 0 Å². The van der Waals surface area contributed by atoms with Crippen molar-refractivity contribution in [1.82, 2.24) is 10.9 Å². The number of carbonyl (C=O) groups excluding carboxylic acids is 2. The molecular formula is C16H15ClFN3O2S. The number of amides is 3. The van der Waals surface area contributed by atoms with Gasteiger partial charge in [0.05, 0.1) is 0 Å². The summed E-state index contributed by atoms with van der Waals surface area (Å²) in [5, 5.41) is 3.03. The summed E-state index contributed by atoms with van der Waals surface area (Å²) in [4.78, 5) is 24.2. The van der Waals surface area contributed by atoms with Crippen molar-refractivity contribution in [3.05, 3.63) is 59.4 Å². The summed E-state index contributed by atoms with van der Waals surface area (Å²) in [7, 11) is 0. The average Bonchev–Trinajstić information content (AvgIpc) is 2.55. The van der Waals surface area contributed by atoms with Gasteiger partial charge in [0.1, 0.15) is 5.82 Å². The second kappa shape index (κ2) is 9.14. The second-order valence-corrected chi connectivity index (χ2v) is 6.29. The van der Waals surface area contributed by atoms with Crippen molar-refractivity contribution >= 4 is 41.0 Å². The van der Waals surface area contributed by atoms with Crippen LogP contribution < -0.4 is 16.2 Å². The van der Waals surface area contributed by atoms with Gasteiger partial charge >= 0.3 is 6.03 Å². The van der Waals surface area contributed by atoms with Crippen LogP contribution in [0.5, 0.6) is 0 Å². The van der Waals surface area contributed by atoms with Gasteiger partial charge in [0, 0.05) is 27.8 Å². The van der Waals surface area contributed by atoms with Crippen LogP contribution in [0.25, 0.3) is 0 Å². The number of hydrogen-bond donors (Lipinski definition) is 3. The summed E-state index contributed by atoms with van der Waals surface area (Å²) in [6, 6.07) is 12.1. The Balaban J connectivity index is 1.65. The van der Waals surface area contributed by atoms with E-state index in [9.17, 15) is 14.0 Å². The first kappa shape index (κ1) is 18.1. The van der Waals surface area contributed by atoms with Crippen LogP contribution in [-0.4, -0.2) is 17.7 Å². The molecule has 2 aromatic rings. The summed E-state index contributed by atoms with van der Waals surface area (Å²) in [5.74, 6) is -0.118. The van der Waals surface area contributed by atoms with E-state index in [1.165, 1.54) is 23.9 Å². The molecule has 0 atom stereocenters. The zero-order valence-corrected chi connectivity index (χ0v) is 14.1. The van der Waals surface area contributed by atoms with Crippen molar-refractivity contribution in [3.63, 3.8) is 0 Å². The number of halogens is 2. The molecule has 0 aliphatic heterocycles. The van der Waals surface area contributed by atoms with Crippen molar-refractivity contribution in [2.45, 2.75) is 11.3 Å². The molecule has 0 heterocycles. The molecule has 0 bridgehead atoms. The fraction of sp³-hybridized carbons (Fsp3) is 0.125. The standard InChI is InChI=1S/C16H15ClFN3O2S/c17-11-2-1-3-13(10-11)19-16(23)21-20-15(22)8-9-24-14-6-4-12(18)5-7-14/h1-7,10H,8-9H2,(H,20,22)(H2,19,21,23). The molecule has 0 unspecified atom stereocenters. The number of rotatable bonds is 5. The minimum absolute atomic E-state index is 0.208. The molecule has 5 nitrogen and oxygen atoms in total. The largest absolute Gasteiger partial charge is 0.337 e. The Kier molecular flexibility index (Phi) is 6.89. The number of anilines is 1. The first-order chi connectivity index (χ1) is 11.5. The zero-order valence-electron chi connectivity index (χ0n) is 12.5. The van der Waals surface area contributed by atoms with Crippen LogP contribution in [0.4, 0.5) is 14.9 Å². The number of benzene rings is 2. The minimum Gasteiger partial charge on any atom is -0.307 e. The third-order valence-corrected chi connectivity index (χ3v) is 4.06. The maximum Gasteiger partial charge on any atom is 0.337 e. The van der Waals surface area contributed by atoms with E-state index in [2.05, 4.69) is 16.2 Å². The summed E-state index contributed by atoms with van der Waals surface area (Å²) in [5.41, 5.74) is 5.08. The van der Waals surface area contributed by atoms with Crippen molar-refractivity contribution in [3.8, 4) is 0 Å². The molecular weight excluding hydrogens is 353 g/mol. The van der Waals surface area contributed by atoms with E-state index >= 15 is 0 Å². The predicted molar refractivity (Wildman–Crippen MR) is 93.5 cm³/mol. The monoisotopic (exact) mass is 367 g/mol. The lowest BCUT2D eigenvalue weighted by atomic mass is 10.3. The highest BCUT2D eigenvalue weighted by molar-refractivity contribution is 7.99. The molecule has 0 saturated heterocycles. The van der Waals surface area contributed by atoms with E-state index in [1.54, 1.807) is 36.4 Å². The maximum absolute atomic E-state index is 12.8. The Labute approximate surface area is 147 Å². The van der Waals surface area contributed by atoms with Gasteiger partial charge in [-0.1, -0.05) is 17.7 Å². The third-order valence-electron chi connectivity index (χ3n) is 2.81. The first-order valence-electron chi connectivity index (χ1n) is 7.03. The van der Waals surface area contributed by atoms with Crippen LogP contribution in [0, 0.1) is 5.82 Å². The molecule has 0 aliphatic rings. The van der Waals surface area contributed by atoms with Crippen molar-refractivity contribution < 1.29 is 14.0 Å². The van der Waals surface area contributed by atoms with E-state index in [1.807, 2.05) is 0 Å². The Bertz CT molecular complexity index is 713. The molecule has 8 heteroatoms. The molecule has 126 valence electrons. The third kappa shape index (κ3) is 6.47. The predicted octanol–water partition coefficient (Wildman–Crippen LogP) is 3.81. The number of hydrogen-bond acceptors (Lipinski definition) is 3. The normalized spacial score (nSPS) is 10.1. The Morgan fingerprint density at radius 3 is 2.54 bits per heavy atom. The lowest BCUT2D eigenvalue weighted by Crippen LogP contribution is -2.44. The second-order valence-electron chi connectivity index (χ2n) is 4.69. The van der Waals surface area contributed by atoms with Crippen LogP contribution in [0.1, 0.15) is 6.42 Å². The van der Waals surface area contributed by atoms with Crippen LogP contribution in [0.2, 0.25) is 5.02 Å². The minimum atomic E-state index is -0.572. The average molecular weight is 368 g/mol. The summed E-state index contributed by atoms with van der Waals surface area (Å²) >= 11 is 7.23. The number of hydrazine groups is 1. The molecule has 2 rings (SSSR count).